The molecule has 1 aliphatic heterocycles. The van der Waals surface area contributed by atoms with Crippen molar-refractivity contribution in [2.24, 2.45) is 4.99 Å². The van der Waals surface area contributed by atoms with Crippen LogP contribution in [0.1, 0.15) is 5.56 Å². The van der Waals surface area contributed by atoms with Crippen LogP contribution in [0.3, 0.4) is 0 Å². The number of benzene rings is 3. The zero-order valence-electron chi connectivity index (χ0n) is 13.3. The van der Waals surface area contributed by atoms with Crippen LogP contribution in [0, 0.1) is 0 Å². The van der Waals surface area contributed by atoms with Crippen molar-refractivity contribution in [3.8, 4) is 0 Å². The normalized spacial score (nSPS) is 14.7. The smallest absolute Gasteiger partial charge is 0.0926 e. The fraction of sp³-hybridized carbons (Fsp3) is 0.0952. The molecular weight excluding hydrogens is 312 g/mol. The molecule has 4 rings (SSSR count). The molecule has 3 aromatic rings. The predicted octanol–water partition coefficient (Wildman–Crippen LogP) is 5.44. The highest BCUT2D eigenvalue weighted by molar-refractivity contribution is 8.14. The third-order valence-electron chi connectivity index (χ3n) is 4.02. The first kappa shape index (κ1) is 15.0. The molecule has 0 spiro atoms. The summed E-state index contributed by atoms with van der Waals surface area (Å²) in [5.41, 5.74) is 3.37. The number of aliphatic imine (C=N–C) groups is 1. The van der Waals surface area contributed by atoms with Gasteiger partial charge in [-0.1, -0.05) is 66.7 Å². The molecule has 0 fully saturated rings. The van der Waals surface area contributed by atoms with Crippen molar-refractivity contribution in [1.29, 1.82) is 0 Å². The van der Waals surface area contributed by atoms with E-state index in [1.54, 1.807) is 0 Å². The summed E-state index contributed by atoms with van der Waals surface area (Å²) in [6.07, 6.45) is 2.16. The largest absolute Gasteiger partial charge is 0.354 e. The first-order valence-electron chi connectivity index (χ1n) is 8.09. The van der Waals surface area contributed by atoms with Crippen molar-refractivity contribution >= 4 is 39.0 Å². The first-order chi connectivity index (χ1) is 11.9. The summed E-state index contributed by atoms with van der Waals surface area (Å²) in [6.45, 7) is 0.910. The molecule has 3 heteroatoms. The van der Waals surface area contributed by atoms with Crippen molar-refractivity contribution < 1.29 is 0 Å². The molecule has 24 heavy (non-hydrogen) atoms. The third kappa shape index (κ3) is 3.22. The van der Waals surface area contributed by atoms with E-state index < -0.39 is 0 Å². The van der Waals surface area contributed by atoms with E-state index in [-0.39, 0.29) is 0 Å². The van der Waals surface area contributed by atoms with Crippen molar-refractivity contribution in [2.75, 3.05) is 17.6 Å². The average molecular weight is 330 g/mol. The van der Waals surface area contributed by atoms with Crippen LogP contribution >= 0.6 is 11.8 Å². The van der Waals surface area contributed by atoms with E-state index in [1.807, 2.05) is 17.8 Å². The van der Waals surface area contributed by atoms with Gasteiger partial charge in [-0.15, -0.1) is 11.8 Å². The maximum atomic E-state index is 4.57. The van der Waals surface area contributed by atoms with Gasteiger partial charge in [0.15, 0.2) is 0 Å². The lowest BCUT2D eigenvalue weighted by Crippen LogP contribution is -2.01. The highest BCUT2D eigenvalue weighted by Crippen LogP contribution is 2.27. The Bertz CT molecular complexity index is 908. The van der Waals surface area contributed by atoms with Gasteiger partial charge >= 0.3 is 0 Å². The summed E-state index contributed by atoms with van der Waals surface area (Å²) >= 11 is 1.81. The lowest BCUT2D eigenvalue weighted by molar-refractivity contribution is 1.18. The van der Waals surface area contributed by atoms with E-state index in [9.17, 15) is 0 Å². The monoisotopic (exact) mass is 330 g/mol. The second kappa shape index (κ2) is 6.93. The van der Waals surface area contributed by atoms with E-state index >= 15 is 0 Å². The Morgan fingerprint density at radius 1 is 0.917 bits per heavy atom. The summed E-state index contributed by atoms with van der Waals surface area (Å²) in [7, 11) is 0. The minimum Gasteiger partial charge on any atom is -0.354 e. The lowest BCUT2D eigenvalue weighted by atomic mass is 10.1. The number of fused-ring (bicyclic) bond motifs is 1. The summed E-state index contributed by atoms with van der Waals surface area (Å²) in [5.74, 6) is 1.07. The zero-order valence-corrected chi connectivity index (χ0v) is 14.1. The Kier molecular flexibility index (Phi) is 4.34. The molecule has 1 N–H and O–H groups in total. The number of anilines is 1. The number of thioether (sulfide) groups is 1. The first-order valence-corrected chi connectivity index (χ1v) is 9.08. The van der Waals surface area contributed by atoms with Gasteiger partial charge in [0.25, 0.3) is 0 Å². The summed E-state index contributed by atoms with van der Waals surface area (Å²) in [6, 6.07) is 25.2. The van der Waals surface area contributed by atoms with Crippen LogP contribution in [-0.2, 0) is 0 Å². The maximum Gasteiger partial charge on any atom is 0.0926 e. The van der Waals surface area contributed by atoms with Gasteiger partial charge < -0.3 is 5.32 Å². The van der Waals surface area contributed by atoms with Crippen LogP contribution in [0.2, 0.25) is 0 Å². The van der Waals surface area contributed by atoms with Gasteiger partial charge in [-0.05, 0) is 23.1 Å². The molecule has 2 nitrogen and oxygen atoms in total. The molecule has 1 heterocycles. The van der Waals surface area contributed by atoms with Crippen LogP contribution in [-0.4, -0.2) is 17.3 Å². The highest BCUT2D eigenvalue weighted by Gasteiger charge is 2.09. The van der Waals surface area contributed by atoms with E-state index in [0.717, 1.165) is 28.7 Å². The van der Waals surface area contributed by atoms with Crippen molar-refractivity contribution in [1.82, 2.24) is 0 Å². The topological polar surface area (TPSA) is 24.4 Å². The Balaban J connectivity index is 1.76. The van der Waals surface area contributed by atoms with Crippen molar-refractivity contribution in [3.63, 3.8) is 0 Å². The fourth-order valence-electron chi connectivity index (χ4n) is 2.85. The van der Waals surface area contributed by atoms with E-state index in [4.69, 9.17) is 0 Å². The third-order valence-corrected chi connectivity index (χ3v) is 4.95. The predicted molar refractivity (Wildman–Crippen MR) is 107 cm³/mol. The average Bonchev–Trinajstić information content (AvgIpc) is 3.15. The SMILES string of the molecule is C(=C(Nc1cccc2ccccc12)c1ccccc1)C1=NCCS1. The van der Waals surface area contributed by atoms with Gasteiger partial charge in [0.2, 0.25) is 0 Å². The molecule has 1 aliphatic rings. The number of hydrogen-bond donors (Lipinski definition) is 1. The molecule has 0 saturated heterocycles. The molecule has 0 saturated carbocycles. The van der Waals surface area contributed by atoms with E-state index in [2.05, 4.69) is 83.1 Å². The molecule has 118 valence electrons. The Labute approximate surface area is 146 Å². The minimum atomic E-state index is 0.910. The van der Waals surface area contributed by atoms with Gasteiger partial charge in [0, 0.05) is 29.1 Å². The Morgan fingerprint density at radius 2 is 1.71 bits per heavy atom. The van der Waals surface area contributed by atoms with Gasteiger partial charge in [-0.25, -0.2) is 0 Å². The zero-order chi connectivity index (χ0) is 16.2. The Morgan fingerprint density at radius 3 is 2.54 bits per heavy atom. The Hall–Kier alpha value is -2.52. The van der Waals surface area contributed by atoms with Crippen molar-refractivity contribution in [3.05, 3.63) is 84.4 Å². The highest BCUT2D eigenvalue weighted by atomic mass is 32.2. The summed E-state index contributed by atoms with van der Waals surface area (Å²) in [4.78, 5) is 4.57. The van der Waals surface area contributed by atoms with Crippen LogP contribution in [0.5, 0.6) is 0 Å². The molecule has 0 bridgehead atoms. The molecule has 0 atom stereocenters. The number of rotatable bonds is 4. The molecular formula is C21H18N2S. The standard InChI is InChI=1S/C21H18N2S/c1-2-8-17(9-3-1)20(15-21-22-13-14-24-21)23-19-12-6-10-16-7-4-5-11-18(16)19/h1-12,15,23H,13-14H2. The quantitative estimate of drug-likeness (QED) is 0.689. The molecule has 0 unspecified atom stereocenters. The van der Waals surface area contributed by atoms with Gasteiger partial charge in [0.05, 0.1) is 5.04 Å². The lowest BCUT2D eigenvalue weighted by Gasteiger charge is -2.14. The maximum absolute atomic E-state index is 4.57. The van der Waals surface area contributed by atoms with Gasteiger partial charge in [-0.3, -0.25) is 4.99 Å². The molecule has 0 amide bonds. The van der Waals surface area contributed by atoms with E-state index in [1.165, 1.54) is 16.3 Å². The second-order valence-electron chi connectivity index (χ2n) is 5.64. The minimum absolute atomic E-state index is 0.910. The van der Waals surface area contributed by atoms with Gasteiger partial charge in [-0.2, -0.15) is 0 Å². The van der Waals surface area contributed by atoms with Crippen molar-refractivity contribution in [2.45, 2.75) is 0 Å². The number of nitrogens with zero attached hydrogens (tertiary/aromatic N) is 1. The molecule has 3 aromatic carbocycles. The van der Waals surface area contributed by atoms with Crippen LogP contribution in [0.4, 0.5) is 5.69 Å². The number of hydrogen-bond acceptors (Lipinski definition) is 3. The molecule has 0 aromatic heterocycles. The van der Waals surface area contributed by atoms with E-state index in [0.29, 0.717) is 0 Å². The summed E-state index contributed by atoms with van der Waals surface area (Å²) in [5, 5.41) is 7.19. The number of nitrogens with one attached hydrogen (secondary N) is 1. The summed E-state index contributed by atoms with van der Waals surface area (Å²) < 4.78 is 0. The van der Waals surface area contributed by atoms with Crippen LogP contribution in [0.15, 0.2) is 83.9 Å². The van der Waals surface area contributed by atoms with Gasteiger partial charge in [0.1, 0.15) is 0 Å². The fourth-order valence-corrected chi connectivity index (χ4v) is 3.63. The molecule has 0 radical (unpaired) electrons. The van der Waals surface area contributed by atoms with Crippen LogP contribution in [0.25, 0.3) is 16.5 Å². The second-order valence-corrected chi connectivity index (χ2v) is 6.76. The van der Waals surface area contributed by atoms with Crippen LogP contribution < -0.4 is 5.32 Å². The molecule has 0 aliphatic carbocycles.